The molecule has 2 rings (SSSR count). The van der Waals surface area contributed by atoms with E-state index in [1.807, 2.05) is 0 Å². The third-order valence-corrected chi connectivity index (χ3v) is 4.32. The monoisotopic (exact) mass is 337 g/mol. The van der Waals surface area contributed by atoms with E-state index in [9.17, 15) is 0 Å². The van der Waals surface area contributed by atoms with Crippen LogP contribution in [0.5, 0.6) is 0 Å². The van der Waals surface area contributed by atoms with E-state index in [1.54, 1.807) is 0 Å². The van der Waals surface area contributed by atoms with E-state index in [0.717, 1.165) is 9.39 Å². The molecular weight excluding hydrogens is 324 g/mol. The summed E-state index contributed by atoms with van der Waals surface area (Å²) in [7, 11) is 0. The number of nitrogens with one attached hydrogen (secondary N) is 1. The zero-order valence-corrected chi connectivity index (χ0v) is 11.3. The van der Waals surface area contributed by atoms with E-state index in [4.69, 9.17) is 11.6 Å². The van der Waals surface area contributed by atoms with Crippen LogP contribution in [0.25, 0.3) is 0 Å². The molecule has 0 saturated heterocycles. The number of hydrogen-bond acceptors (Lipinski definition) is 3. The standard InChI is InChI=1S/C10H13ClIN3/c11-9-8(12)10(14-6-13-9)15-7-4-2-1-3-5-7/h6-7H,1-5H2,(H,13,14,15). The Kier molecular flexibility index (Phi) is 4.02. The Balaban J connectivity index is 2.06. The Morgan fingerprint density at radius 1 is 1.27 bits per heavy atom. The second-order valence-corrected chi connectivity index (χ2v) is 5.24. The minimum Gasteiger partial charge on any atom is -0.366 e. The van der Waals surface area contributed by atoms with Crippen LogP contribution in [0.4, 0.5) is 5.82 Å². The lowest BCUT2D eigenvalue weighted by Gasteiger charge is -2.23. The van der Waals surface area contributed by atoms with Gasteiger partial charge < -0.3 is 5.32 Å². The van der Waals surface area contributed by atoms with Gasteiger partial charge in [0.15, 0.2) is 0 Å². The van der Waals surface area contributed by atoms with E-state index < -0.39 is 0 Å². The molecule has 0 unspecified atom stereocenters. The summed E-state index contributed by atoms with van der Waals surface area (Å²) in [5, 5.41) is 3.98. The summed E-state index contributed by atoms with van der Waals surface area (Å²) in [6, 6.07) is 0.554. The van der Waals surface area contributed by atoms with Gasteiger partial charge in [-0.25, -0.2) is 9.97 Å². The van der Waals surface area contributed by atoms with E-state index in [1.165, 1.54) is 38.4 Å². The predicted molar refractivity (Wildman–Crippen MR) is 70.3 cm³/mol. The highest BCUT2D eigenvalue weighted by molar-refractivity contribution is 14.1. The molecule has 0 amide bonds. The average molecular weight is 338 g/mol. The molecule has 1 N–H and O–H groups in total. The van der Waals surface area contributed by atoms with Crippen molar-refractivity contribution in [2.75, 3.05) is 5.32 Å². The van der Waals surface area contributed by atoms with Crippen LogP contribution in [0, 0.1) is 3.57 Å². The second-order valence-electron chi connectivity index (χ2n) is 3.81. The van der Waals surface area contributed by atoms with Gasteiger partial charge in [-0.1, -0.05) is 30.9 Å². The Morgan fingerprint density at radius 2 is 2.00 bits per heavy atom. The van der Waals surface area contributed by atoms with Crippen molar-refractivity contribution in [2.24, 2.45) is 0 Å². The molecule has 1 aromatic heterocycles. The van der Waals surface area contributed by atoms with Crippen LogP contribution in [-0.4, -0.2) is 16.0 Å². The summed E-state index contributed by atoms with van der Waals surface area (Å²) in [4.78, 5) is 8.16. The molecule has 1 aliphatic carbocycles. The average Bonchev–Trinajstić information content (AvgIpc) is 2.26. The minimum absolute atomic E-state index is 0.531. The molecule has 0 aliphatic heterocycles. The van der Waals surface area contributed by atoms with Crippen LogP contribution in [0.15, 0.2) is 6.33 Å². The highest BCUT2D eigenvalue weighted by atomic mass is 127. The summed E-state index contributed by atoms with van der Waals surface area (Å²) in [5.74, 6) is 0.877. The third kappa shape index (κ3) is 2.93. The zero-order chi connectivity index (χ0) is 10.7. The van der Waals surface area contributed by atoms with Gasteiger partial charge in [0.1, 0.15) is 17.3 Å². The van der Waals surface area contributed by atoms with Crippen LogP contribution >= 0.6 is 34.2 Å². The first-order valence-electron chi connectivity index (χ1n) is 5.20. The van der Waals surface area contributed by atoms with Crippen molar-refractivity contribution in [2.45, 2.75) is 38.1 Å². The fraction of sp³-hybridized carbons (Fsp3) is 0.600. The fourth-order valence-electron chi connectivity index (χ4n) is 1.89. The fourth-order valence-corrected chi connectivity index (χ4v) is 2.46. The number of hydrogen-bond donors (Lipinski definition) is 1. The van der Waals surface area contributed by atoms with Crippen LogP contribution in [0.2, 0.25) is 5.15 Å². The molecule has 1 fully saturated rings. The maximum atomic E-state index is 5.93. The predicted octanol–water partition coefficient (Wildman–Crippen LogP) is 3.48. The summed E-state index contributed by atoms with van der Waals surface area (Å²) < 4.78 is 0.919. The van der Waals surface area contributed by atoms with E-state index in [2.05, 4.69) is 37.9 Å². The van der Waals surface area contributed by atoms with Crippen LogP contribution in [0.3, 0.4) is 0 Å². The second kappa shape index (κ2) is 5.30. The van der Waals surface area contributed by atoms with Crippen molar-refractivity contribution >= 4 is 40.0 Å². The number of aromatic nitrogens is 2. The molecule has 1 heterocycles. The maximum Gasteiger partial charge on any atom is 0.147 e. The van der Waals surface area contributed by atoms with Gasteiger partial charge >= 0.3 is 0 Å². The Morgan fingerprint density at radius 3 is 2.73 bits per heavy atom. The summed E-state index contributed by atoms with van der Waals surface area (Å²) in [5.41, 5.74) is 0. The molecule has 1 saturated carbocycles. The SMILES string of the molecule is Clc1ncnc(NC2CCCCC2)c1I. The lowest BCUT2D eigenvalue weighted by Crippen LogP contribution is -2.23. The molecule has 0 aromatic carbocycles. The quantitative estimate of drug-likeness (QED) is 0.663. The molecular formula is C10H13ClIN3. The highest BCUT2D eigenvalue weighted by Gasteiger charge is 2.15. The Bertz CT molecular complexity index is 339. The molecule has 0 spiro atoms. The van der Waals surface area contributed by atoms with Crippen LogP contribution in [0.1, 0.15) is 32.1 Å². The number of nitrogens with zero attached hydrogens (tertiary/aromatic N) is 2. The molecule has 0 bridgehead atoms. The first kappa shape index (κ1) is 11.4. The van der Waals surface area contributed by atoms with E-state index in [-0.39, 0.29) is 0 Å². The highest BCUT2D eigenvalue weighted by Crippen LogP contribution is 2.25. The van der Waals surface area contributed by atoms with Crippen LogP contribution < -0.4 is 5.32 Å². The van der Waals surface area contributed by atoms with Gasteiger partial charge in [-0.3, -0.25) is 0 Å². The third-order valence-electron chi connectivity index (χ3n) is 2.69. The lowest BCUT2D eigenvalue weighted by molar-refractivity contribution is 0.461. The van der Waals surface area contributed by atoms with E-state index in [0.29, 0.717) is 11.2 Å². The number of rotatable bonds is 2. The largest absolute Gasteiger partial charge is 0.366 e. The number of anilines is 1. The van der Waals surface area contributed by atoms with Gasteiger partial charge in [0.05, 0.1) is 3.57 Å². The molecule has 1 aliphatic rings. The molecule has 0 radical (unpaired) electrons. The first-order valence-corrected chi connectivity index (χ1v) is 6.65. The van der Waals surface area contributed by atoms with Crippen molar-refractivity contribution in [3.8, 4) is 0 Å². The summed E-state index contributed by atoms with van der Waals surface area (Å²) >= 11 is 8.11. The van der Waals surface area contributed by atoms with E-state index >= 15 is 0 Å². The smallest absolute Gasteiger partial charge is 0.147 e. The lowest BCUT2D eigenvalue weighted by atomic mass is 9.95. The normalized spacial score (nSPS) is 17.7. The maximum absolute atomic E-state index is 5.93. The molecule has 0 atom stereocenters. The van der Waals surface area contributed by atoms with Gasteiger partial charge in [-0.15, -0.1) is 0 Å². The Hall–Kier alpha value is -0.100. The van der Waals surface area contributed by atoms with Gasteiger partial charge in [0.25, 0.3) is 0 Å². The van der Waals surface area contributed by atoms with Crippen molar-refractivity contribution < 1.29 is 0 Å². The molecule has 82 valence electrons. The van der Waals surface area contributed by atoms with Crippen molar-refractivity contribution in [1.29, 1.82) is 0 Å². The van der Waals surface area contributed by atoms with Crippen molar-refractivity contribution in [3.05, 3.63) is 15.1 Å². The molecule has 5 heteroatoms. The molecule has 3 nitrogen and oxygen atoms in total. The van der Waals surface area contributed by atoms with Gasteiger partial charge in [-0.05, 0) is 35.4 Å². The number of halogens is 2. The molecule has 1 aromatic rings. The summed E-state index contributed by atoms with van der Waals surface area (Å²) in [6.07, 6.45) is 7.96. The Labute approximate surface area is 108 Å². The van der Waals surface area contributed by atoms with Crippen molar-refractivity contribution in [3.63, 3.8) is 0 Å². The minimum atomic E-state index is 0.531. The van der Waals surface area contributed by atoms with Gasteiger partial charge in [0, 0.05) is 6.04 Å². The topological polar surface area (TPSA) is 37.8 Å². The molecule has 15 heavy (non-hydrogen) atoms. The van der Waals surface area contributed by atoms with Crippen molar-refractivity contribution in [1.82, 2.24) is 9.97 Å². The van der Waals surface area contributed by atoms with Gasteiger partial charge in [-0.2, -0.15) is 0 Å². The first-order chi connectivity index (χ1) is 7.27. The zero-order valence-electron chi connectivity index (χ0n) is 8.34. The van der Waals surface area contributed by atoms with Crippen LogP contribution in [-0.2, 0) is 0 Å². The summed E-state index contributed by atoms with van der Waals surface area (Å²) in [6.45, 7) is 0. The van der Waals surface area contributed by atoms with Gasteiger partial charge in [0.2, 0.25) is 0 Å².